The van der Waals surface area contributed by atoms with E-state index in [0.29, 0.717) is 18.0 Å². The smallest absolute Gasteiger partial charge is 0.259 e. The van der Waals surface area contributed by atoms with Gasteiger partial charge in [-0.2, -0.15) is 0 Å². The van der Waals surface area contributed by atoms with E-state index >= 15 is 0 Å². The van der Waals surface area contributed by atoms with Gasteiger partial charge >= 0.3 is 0 Å². The van der Waals surface area contributed by atoms with Crippen LogP contribution in [0.1, 0.15) is 59.2 Å². The second-order valence-electron chi connectivity index (χ2n) is 9.78. The van der Waals surface area contributed by atoms with Crippen LogP contribution in [0.25, 0.3) is 11.3 Å². The summed E-state index contributed by atoms with van der Waals surface area (Å²) in [5, 5.41) is 10.4. The summed E-state index contributed by atoms with van der Waals surface area (Å²) in [5.74, 6) is -0.413. The highest BCUT2D eigenvalue weighted by Gasteiger charge is 2.33. The quantitative estimate of drug-likeness (QED) is 0.429. The lowest BCUT2D eigenvalue weighted by molar-refractivity contribution is 0.0902. The molecule has 2 amide bonds. The second kappa shape index (κ2) is 11.3. The molecule has 1 saturated carbocycles. The normalized spacial score (nSPS) is 19.6. The van der Waals surface area contributed by atoms with Crippen LogP contribution in [0.3, 0.4) is 0 Å². The molecule has 2 aromatic carbocycles. The van der Waals surface area contributed by atoms with Crippen molar-refractivity contribution in [3.05, 3.63) is 70.5 Å². The number of hydrogen-bond acceptors (Lipinski definition) is 5. The summed E-state index contributed by atoms with van der Waals surface area (Å²) < 4.78 is 20.4. The molecular formula is C28H30ClFN4O3. The van der Waals surface area contributed by atoms with Crippen molar-refractivity contribution < 1.29 is 18.5 Å². The Morgan fingerprint density at radius 1 is 1.03 bits per heavy atom. The first-order valence-electron chi connectivity index (χ1n) is 12.8. The van der Waals surface area contributed by atoms with Crippen molar-refractivity contribution in [2.45, 2.75) is 44.6 Å². The van der Waals surface area contributed by atoms with E-state index in [-0.39, 0.29) is 45.6 Å². The molecule has 3 aromatic rings. The molecule has 37 heavy (non-hydrogen) atoms. The molecule has 5 rings (SSSR count). The van der Waals surface area contributed by atoms with Gasteiger partial charge in [0.05, 0.1) is 10.6 Å². The van der Waals surface area contributed by atoms with Crippen LogP contribution in [-0.4, -0.2) is 42.6 Å². The Morgan fingerprint density at radius 2 is 1.81 bits per heavy atom. The Kier molecular flexibility index (Phi) is 7.74. The van der Waals surface area contributed by atoms with Gasteiger partial charge in [0.25, 0.3) is 11.8 Å². The highest BCUT2D eigenvalue weighted by Crippen LogP contribution is 2.38. The molecule has 9 heteroatoms. The lowest BCUT2D eigenvalue weighted by Gasteiger charge is -2.30. The minimum Gasteiger partial charge on any atom is -0.352 e. The number of hydrogen-bond donors (Lipinski definition) is 2. The molecule has 0 bridgehead atoms. The predicted octanol–water partition coefficient (Wildman–Crippen LogP) is 5.45. The number of anilines is 1. The molecule has 1 aliphatic heterocycles. The summed E-state index contributed by atoms with van der Waals surface area (Å²) in [5.41, 5.74) is 1.02. The van der Waals surface area contributed by atoms with Crippen molar-refractivity contribution in [2.75, 3.05) is 24.5 Å². The Morgan fingerprint density at radius 3 is 2.57 bits per heavy atom. The van der Waals surface area contributed by atoms with Crippen LogP contribution < -0.4 is 15.5 Å². The minimum atomic E-state index is -0.560. The first kappa shape index (κ1) is 25.3. The maximum absolute atomic E-state index is 14.8. The van der Waals surface area contributed by atoms with E-state index in [2.05, 4.69) is 15.8 Å². The van der Waals surface area contributed by atoms with Crippen LogP contribution in [0.15, 0.2) is 53.1 Å². The molecule has 0 radical (unpaired) electrons. The Hall–Kier alpha value is -3.39. The standard InChI is InChI=1S/C28H30ClFN4O3/c29-21-12-7-13-22(30)23(21)25-24(28(37-33-25)34-14-4-5-15-34)27(36)32-20-11-6-8-18(16-20)17-31-26(35)19-9-2-1-3-10-19/h1-3,7,9-10,12-13,18,20H,4-6,8,11,14-17H2,(H,31,35)(H,32,36). The number of carbonyl (C=O) groups excluding carboxylic acids is 2. The molecule has 2 aliphatic rings. The van der Waals surface area contributed by atoms with Gasteiger partial charge in [0, 0.05) is 31.2 Å². The molecule has 1 saturated heterocycles. The predicted molar refractivity (Wildman–Crippen MR) is 140 cm³/mol. The number of halogens is 2. The van der Waals surface area contributed by atoms with Crippen molar-refractivity contribution in [3.63, 3.8) is 0 Å². The average Bonchev–Trinajstić information content (AvgIpc) is 3.58. The van der Waals surface area contributed by atoms with Crippen LogP contribution in [0.5, 0.6) is 0 Å². The fourth-order valence-electron chi connectivity index (χ4n) is 5.31. The van der Waals surface area contributed by atoms with E-state index in [4.69, 9.17) is 16.1 Å². The largest absolute Gasteiger partial charge is 0.352 e. The highest BCUT2D eigenvalue weighted by atomic mass is 35.5. The molecule has 0 spiro atoms. The Balaban J connectivity index is 1.31. The van der Waals surface area contributed by atoms with E-state index in [0.717, 1.165) is 51.6 Å². The lowest BCUT2D eigenvalue weighted by Crippen LogP contribution is -2.41. The van der Waals surface area contributed by atoms with Crippen LogP contribution in [0.4, 0.5) is 10.3 Å². The van der Waals surface area contributed by atoms with Gasteiger partial charge in [-0.05, 0) is 62.3 Å². The molecule has 1 aliphatic carbocycles. The third-order valence-electron chi connectivity index (χ3n) is 7.20. The monoisotopic (exact) mass is 524 g/mol. The van der Waals surface area contributed by atoms with Crippen LogP contribution in [-0.2, 0) is 0 Å². The summed E-state index contributed by atoms with van der Waals surface area (Å²) in [6, 6.07) is 13.4. The second-order valence-corrected chi connectivity index (χ2v) is 10.2. The van der Waals surface area contributed by atoms with Gasteiger partial charge in [0.1, 0.15) is 17.1 Å². The van der Waals surface area contributed by atoms with E-state index in [1.807, 2.05) is 23.1 Å². The maximum Gasteiger partial charge on any atom is 0.259 e. The van der Waals surface area contributed by atoms with E-state index in [9.17, 15) is 14.0 Å². The molecular weight excluding hydrogens is 495 g/mol. The summed E-state index contributed by atoms with van der Waals surface area (Å²) in [7, 11) is 0. The molecule has 2 fully saturated rings. The van der Waals surface area contributed by atoms with Crippen LogP contribution >= 0.6 is 11.6 Å². The van der Waals surface area contributed by atoms with Gasteiger partial charge in [-0.1, -0.05) is 47.4 Å². The third kappa shape index (κ3) is 5.64. The topological polar surface area (TPSA) is 87.5 Å². The highest BCUT2D eigenvalue weighted by molar-refractivity contribution is 6.33. The third-order valence-corrected chi connectivity index (χ3v) is 7.51. The number of aromatic nitrogens is 1. The molecule has 2 N–H and O–H groups in total. The van der Waals surface area contributed by atoms with Gasteiger partial charge in [0.15, 0.2) is 0 Å². The van der Waals surface area contributed by atoms with E-state index < -0.39 is 5.82 Å². The van der Waals surface area contributed by atoms with Gasteiger partial charge in [-0.25, -0.2) is 4.39 Å². The van der Waals surface area contributed by atoms with Crippen molar-refractivity contribution in [3.8, 4) is 11.3 Å². The molecule has 2 heterocycles. The van der Waals surface area contributed by atoms with E-state index in [1.54, 1.807) is 18.2 Å². The summed E-state index contributed by atoms with van der Waals surface area (Å²) >= 11 is 6.32. The lowest BCUT2D eigenvalue weighted by atomic mass is 9.85. The number of benzene rings is 2. The van der Waals surface area contributed by atoms with Crippen molar-refractivity contribution in [1.29, 1.82) is 0 Å². The van der Waals surface area contributed by atoms with Crippen molar-refractivity contribution in [2.24, 2.45) is 5.92 Å². The summed E-state index contributed by atoms with van der Waals surface area (Å²) in [4.78, 5) is 28.1. The van der Waals surface area contributed by atoms with E-state index in [1.165, 1.54) is 12.1 Å². The number of rotatable bonds is 7. The average molecular weight is 525 g/mol. The molecule has 7 nitrogen and oxygen atoms in total. The van der Waals surface area contributed by atoms with Gasteiger partial charge in [-0.15, -0.1) is 0 Å². The van der Waals surface area contributed by atoms with Gasteiger partial charge in [-0.3, -0.25) is 9.59 Å². The van der Waals surface area contributed by atoms with Crippen LogP contribution in [0.2, 0.25) is 5.02 Å². The molecule has 2 unspecified atom stereocenters. The fourth-order valence-corrected chi connectivity index (χ4v) is 5.56. The number of nitrogens with zero attached hydrogens (tertiary/aromatic N) is 2. The van der Waals surface area contributed by atoms with Crippen molar-refractivity contribution in [1.82, 2.24) is 15.8 Å². The molecule has 2 atom stereocenters. The van der Waals surface area contributed by atoms with Gasteiger partial charge in [0.2, 0.25) is 5.88 Å². The van der Waals surface area contributed by atoms with Crippen LogP contribution in [0, 0.1) is 11.7 Å². The summed E-state index contributed by atoms with van der Waals surface area (Å²) in [6.45, 7) is 2.03. The number of carbonyl (C=O) groups is 2. The zero-order valence-corrected chi connectivity index (χ0v) is 21.3. The number of amides is 2. The summed E-state index contributed by atoms with van der Waals surface area (Å²) in [6.07, 6.45) is 5.44. The van der Waals surface area contributed by atoms with Crippen molar-refractivity contribution >= 4 is 29.3 Å². The maximum atomic E-state index is 14.8. The molecule has 1 aromatic heterocycles. The number of nitrogens with one attached hydrogen (secondary N) is 2. The fraction of sp³-hybridized carbons (Fsp3) is 0.393. The first-order chi connectivity index (χ1) is 18.0. The Bertz CT molecular complexity index is 1240. The SMILES string of the molecule is O=C(NCC1CCCC(NC(=O)c2c(-c3c(F)cccc3Cl)noc2N2CCCC2)C1)c1ccccc1. The first-order valence-corrected chi connectivity index (χ1v) is 13.2. The minimum absolute atomic E-state index is 0.0636. The zero-order chi connectivity index (χ0) is 25.8. The Labute approximate surface area is 220 Å². The zero-order valence-electron chi connectivity index (χ0n) is 20.5. The van der Waals surface area contributed by atoms with Gasteiger partial charge < -0.3 is 20.1 Å². The molecule has 194 valence electrons.